The van der Waals surface area contributed by atoms with Crippen LogP contribution in [-0.2, 0) is 11.3 Å². The van der Waals surface area contributed by atoms with Gasteiger partial charge in [-0.15, -0.1) is 5.10 Å². The van der Waals surface area contributed by atoms with Crippen LogP contribution >= 0.6 is 0 Å². The number of amides is 1. The number of fused-ring (bicyclic) bond motifs is 1. The first-order chi connectivity index (χ1) is 12.8. The first-order valence-electron chi connectivity index (χ1n) is 8.69. The van der Waals surface area contributed by atoms with Crippen molar-refractivity contribution in [2.45, 2.75) is 19.4 Å². The van der Waals surface area contributed by atoms with Crippen LogP contribution < -0.4 is 10.1 Å². The molecule has 1 aliphatic rings. The van der Waals surface area contributed by atoms with Gasteiger partial charge < -0.3 is 15.0 Å². The number of benzene rings is 1. The summed E-state index contributed by atoms with van der Waals surface area (Å²) in [6, 6.07) is 9.45. The number of anilines is 1. The summed E-state index contributed by atoms with van der Waals surface area (Å²) in [6.45, 7) is 2.22. The predicted molar refractivity (Wildman–Crippen MR) is 95.9 cm³/mol. The SMILES string of the molecule is O=C(COc1ccccc1CNc1nc2ncccn2n1)N1CCCC1. The summed E-state index contributed by atoms with van der Waals surface area (Å²) in [5.74, 6) is 1.76. The van der Waals surface area contributed by atoms with Gasteiger partial charge in [0.2, 0.25) is 5.95 Å². The van der Waals surface area contributed by atoms with E-state index in [1.165, 1.54) is 0 Å². The van der Waals surface area contributed by atoms with E-state index in [0.717, 1.165) is 31.5 Å². The number of carbonyl (C=O) groups excluding carboxylic acids is 1. The Morgan fingerprint density at radius 3 is 2.88 bits per heavy atom. The number of para-hydroxylation sites is 1. The zero-order chi connectivity index (χ0) is 17.8. The van der Waals surface area contributed by atoms with Gasteiger partial charge in [0.15, 0.2) is 6.61 Å². The summed E-state index contributed by atoms with van der Waals surface area (Å²) >= 11 is 0. The highest BCUT2D eigenvalue weighted by Gasteiger charge is 2.18. The zero-order valence-corrected chi connectivity index (χ0v) is 14.3. The Morgan fingerprint density at radius 1 is 1.19 bits per heavy atom. The lowest BCUT2D eigenvalue weighted by molar-refractivity contribution is -0.132. The summed E-state index contributed by atoms with van der Waals surface area (Å²) in [7, 11) is 0. The molecule has 0 spiro atoms. The molecular weight excluding hydrogens is 332 g/mol. The number of aromatic nitrogens is 4. The Labute approximate surface area is 150 Å². The first kappa shape index (κ1) is 16.3. The quantitative estimate of drug-likeness (QED) is 0.727. The number of likely N-dealkylation sites (tertiary alicyclic amines) is 1. The smallest absolute Gasteiger partial charge is 0.260 e. The molecule has 134 valence electrons. The minimum Gasteiger partial charge on any atom is -0.483 e. The van der Waals surface area contributed by atoms with Gasteiger partial charge >= 0.3 is 0 Å². The van der Waals surface area contributed by atoms with Crippen molar-refractivity contribution in [2.24, 2.45) is 0 Å². The van der Waals surface area contributed by atoms with Crippen molar-refractivity contribution in [3.8, 4) is 5.75 Å². The third-order valence-corrected chi connectivity index (χ3v) is 4.34. The molecule has 1 aliphatic heterocycles. The lowest BCUT2D eigenvalue weighted by Gasteiger charge is -2.16. The average molecular weight is 352 g/mol. The van der Waals surface area contributed by atoms with E-state index < -0.39 is 0 Å². The summed E-state index contributed by atoms with van der Waals surface area (Å²) < 4.78 is 7.38. The first-order valence-corrected chi connectivity index (χ1v) is 8.69. The van der Waals surface area contributed by atoms with Crippen LogP contribution in [0.3, 0.4) is 0 Å². The highest BCUT2D eigenvalue weighted by atomic mass is 16.5. The highest BCUT2D eigenvalue weighted by molar-refractivity contribution is 5.78. The number of carbonyl (C=O) groups is 1. The van der Waals surface area contributed by atoms with Gasteiger partial charge in [-0.25, -0.2) is 9.50 Å². The summed E-state index contributed by atoms with van der Waals surface area (Å²) in [4.78, 5) is 22.5. The molecule has 8 nitrogen and oxygen atoms in total. The molecule has 0 unspecified atom stereocenters. The fraction of sp³-hybridized carbons (Fsp3) is 0.333. The fourth-order valence-corrected chi connectivity index (χ4v) is 2.97. The van der Waals surface area contributed by atoms with E-state index in [1.807, 2.05) is 29.2 Å². The standard InChI is InChI=1S/C18H20N6O2/c25-16(23-9-3-4-10-23)13-26-15-7-2-1-6-14(15)12-20-17-21-18-19-8-5-11-24(18)22-17/h1-2,5-8,11H,3-4,9-10,12-13H2,(H,20,22). The Bertz CT molecular complexity index is 870. The summed E-state index contributed by atoms with van der Waals surface area (Å²) in [5.41, 5.74) is 0.938. The van der Waals surface area contributed by atoms with Crippen molar-refractivity contribution in [3.05, 3.63) is 48.3 Å². The van der Waals surface area contributed by atoms with E-state index in [-0.39, 0.29) is 12.5 Å². The van der Waals surface area contributed by atoms with Crippen molar-refractivity contribution in [1.82, 2.24) is 24.5 Å². The van der Waals surface area contributed by atoms with E-state index in [4.69, 9.17) is 4.74 Å². The van der Waals surface area contributed by atoms with Crippen LogP contribution in [0, 0.1) is 0 Å². The molecular formula is C18H20N6O2. The minimum absolute atomic E-state index is 0.0401. The molecule has 1 fully saturated rings. The Balaban J connectivity index is 1.39. The van der Waals surface area contributed by atoms with Gasteiger partial charge in [-0.2, -0.15) is 4.98 Å². The Hall–Kier alpha value is -3.16. The molecule has 0 saturated carbocycles. The van der Waals surface area contributed by atoms with Gasteiger partial charge in [-0.1, -0.05) is 18.2 Å². The van der Waals surface area contributed by atoms with Crippen LogP contribution in [-0.4, -0.2) is 50.1 Å². The maximum absolute atomic E-state index is 12.2. The number of hydrogen-bond acceptors (Lipinski definition) is 6. The summed E-state index contributed by atoms with van der Waals surface area (Å²) in [5, 5.41) is 7.49. The normalized spacial score (nSPS) is 13.9. The van der Waals surface area contributed by atoms with E-state index in [1.54, 1.807) is 23.0 Å². The van der Waals surface area contributed by atoms with Crippen LogP contribution in [0.1, 0.15) is 18.4 Å². The molecule has 2 aromatic heterocycles. The number of nitrogens with one attached hydrogen (secondary N) is 1. The molecule has 3 aromatic rings. The molecule has 0 radical (unpaired) electrons. The van der Waals surface area contributed by atoms with Crippen molar-refractivity contribution in [1.29, 1.82) is 0 Å². The molecule has 8 heteroatoms. The number of hydrogen-bond donors (Lipinski definition) is 1. The van der Waals surface area contributed by atoms with Crippen LogP contribution in [0.5, 0.6) is 5.75 Å². The maximum Gasteiger partial charge on any atom is 0.260 e. The number of rotatable bonds is 6. The molecule has 0 aliphatic carbocycles. The van der Waals surface area contributed by atoms with Gasteiger partial charge in [0, 0.05) is 37.6 Å². The lowest BCUT2D eigenvalue weighted by Crippen LogP contribution is -2.32. The number of ether oxygens (including phenoxy) is 1. The molecule has 4 rings (SSSR count). The zero-order valence-electron chi connectivity index (χ0n) is 14.3. The summed E-state index contributed by atoms with van der Waals surface area (Å²) in [6.07, 6.45) is 5.62. The molecule has 0 atom stereocenters. The third-order valence-electron chi connectivity index (χ3n) is 4.34. The fourth-order valence-electron chi connectivity index (χ4n) is 2.97. The molecule has 0 bridgehead atoms. The minimum atomic E-state index is 0.0401. The van der Waals surface area contributed by atoms with Crippen LogP contribution in [0.15, 0.2) is 42.7 Å². The molecule has 1 amide bonds. The Morgan fingerprint density at radius 2 is 2.04 bits per heavy atom. The number of nitrogens with zero attached hydrogens (tertiary/aromatic N) is 5. The largest absolute Gasteiger partial charge is 0.483 e. The van der Waals surface area contributed by atoms with E-state index in [2.05, 4.69) is 20.4 Å². The van der Waals surface area contributed by atoms with Crippen molar-refractivity contribution < 1.29 is 9.53 Å². The molecule has 1 N–H and O–H groups in total. The second kappa shape index (κ2) is 7.38. The Kier molecular flexibility index (Phi) is 4.63. The predicted octanol–water partition coefficient (Wildman–Crippen LogP) is 1.74. The average Bonchev–Trinajstić information content (AvgIpc) is 3.34. The van der Waals surface area contributed by atoms with Gasteiger partial charge in [0.05, 0.1) is 0 Å². The van der Waals surface area contributed by atoms with Crippen molar-refractivity contribution >= 4 is 17.6 Å². The lowest BCUT2D eigenvalue weighted by atomic mass is 10.2. The molecule has 3 heterocycles. The van der Waals surface area contributed by atoms with Crippen LogP contribution in [0.2, 0.25) is 0 Å². The molecule has 1 saturated heterocycles. The van der Waals surface area contributed by atoms with Gasteiger partial charge in [-0.05, 0) is 25.0 Å². The van der Waals surface area contributed by atoms with E-state index in [9.17, 15) is 4.79 Å². The maximum atomic E-state index is 12.2. The van der Waals surface area contributed by atoms with E-state index >= 15 is 0 Å². The second-order valence-electron chi connectivity index (χ2n) is 6.14. The molecule has 26 heavy (non-hydrogen) atoms. The van der Waals surface area contributed by atoms with Gasteiger partial charge in [-0.3, -0.25) is 4.79 Å². The third kappa shape index (κ3) is 3.58. The van der Waals surface area contributed by atoms with Crippen molar-refractivity contribution in [3.63, 3.8) is 0 Å². The topological polar surface area (TPSA) is 84.6 Å². The van der Waals surface area contributed by atoms with Gasteiger partial charge in [0.1, 0.15) is 5.75 Å². The van der Waals surface area contributed by atoms with Crippen LogP contribution in [0.25, 0.3) is 5.78 Å². The van der Waals surface area contributed by atoms with Crippen LogP contribution in [0.4, 0.5) is 5.95 Å². The van der Waals surface area contributed by atoms with E-state index in [0.29, 0.717) is 24.0 Å². The highest BCUT2D eigenvalue weighted by Crippen LogP contribution is 2.19. The second-order valence-corrected chi connectivity index (χ2v) is 6.14. The van der Waals surface area contributed by atoms with Crippen molar-refractivity contribution in [2.75, 3.05) is 25.0 Å². The monoisotopic (exact) mass is 352 g/mol. The van der Waals surface area contributed by atoms with Gasteiger partial charge in [0.25, 0.3) is 11.7 Å². The molecule has 1 aromatic carbocycles.